The summed E-state index contributed by atoms with van der Waals surface area (Å²) in [4.78, 5) is 16.7. The number of hydrogen-bond acceptors (Lipinski definition) is 3. The average Bonchev–Trinajstić information content (AvgIpc) is 3.32. The van der Waals surface area contributed by atoms with Gasteiger partial charge in [0.1, 0.15) is 11.6 Å². The van der Waals surface area contributed by atoms with Gasteiger partial charge < -0.3 is 14.3 Å². The highest BCUT2D eigenvalue weighted by Gasteiger charge is 2.13. The van der Waals surface area contributed by atoms with E-state index in [1.807, 2.05) is 34.9 Å². The molecule has 4 aromatic rings. The number of amides is 1. The van der Waals surface area contributed by atoms with Gasteiger partial charge in [0, 0.05) is 18.5 Å². The molecule has 0 bridgehead atoms. The summed E-state index contributed by atoms with van der Waals surface area (Å²) in [5.74, 6) is 0.554. The fourth-order valence-electron chi connectivity index (χ4n) is 3.07. The lowest BCUT2D eigenvalue weighted by molar-refractivity contribution is 0.0926. The Bertz CT molecular complexity index is 1070. The maximum Gasteiger partial charge on any atom is 0.286 e. The number of halogens is 1. The minimum atomic E-state index is -0.267. The third-order valence-corrected chi connectivity index (χ3v) is 4.40. The normalized spacial score (nSPS) is 11.0. The zero-order valence-electron chi connectivity index (χ0n) is 14.6. The topological polar surface area (TPSA) is 60.1 Å². The SMILES string of the molecule is O=C(NCCc1nc2ccccc2n1Cc1ccccc1F)c1ccco1. The van der Waals surface area contributed by atoms with Crippen LogP contribution in [0, 0.1) is 5.82 Å². The maximum absolute atomic E-state index is 14.1. The van der Waals surface area contributed by atoms with Crippen molar-refractivity contribution in [2.75, 3.05) is 6.54 Å². The molecular formula is C21H18FN3O2. The van der Waals surface area contributed by atoms with E-state index in [1.54, 1.807) is 24.3 Å². The van der Waals surface area contributed by atoms with E-state index in [1.165, 1.54) is 12.3 Å². The van der Waals surface area contributed by atoms with E-state index in [0.29, 0.717) is 25.1 Å². The second kappa shape index (κ2) is 7.45. The summed E-state index contributed by atoms with van der Waals surface area (Å²) in [5, 5.41) is 2.82. The largest absolute Gasteiger partial charge is 0.459 e. The minimum absolute atomic E-state index is 0.243. The first-order valence-electron chi connectivity index (χ1n) is 8.71. The number of imidazole rings is 1. The second-order valence-electron chi connectivity index (χ2n) is 6.18. The molecule has 0 saturated heterocycles. The third-order valence-electron chi connectivity index (χ3n) is 4.40. The lowest BCUT2D eigenvalue weighted by Gasteiger charge is -2.10. The Labute approximate surface area is 155 Å². The van der Waals surface area contributed by atoms with Gasteiger partial charge >= 0.3 is 0 Å². The molecule has 2 aromatic heterocycles. The summed E-state index contributed by atoms with van der Waals surface area (Å²) in [6.45, 7) is 0.786. The number of fused-ring (bicyclic) bond motifs is 1. The number of furan rings is 1. The van der Waals surface area contributed by atoms with Gasteiger partial charge in [-0.1, -0.05) is 30.3 Å². The van der Waals surface area contributed by atoms with Gasteiger partial charge in [-0.3, -0.25) is 4.79 Å². The Kier molecular flexibility index (Phi) is 4.70. The summed E-state index contributed by atoms with van der Waals surface area (Å²) in [7, 11) is 0. The van der Waals surface area contributed by atoms with Crippen LogP contribution in [0.3, 0.4) is 0 Å². The molecule has 0 fully saturated rings. The number of hydrogen-bond donors (Lipinski definition) is 1. The van der Waals surface area contributed by atoms with Gasteiger partial charge in [0.2, 0.25) is 0 Å². The Morgan fingerprint density at radius 1 is 1.07 bits per heavy atom. The average molecular weight is 363 g/mol. The van der Waals surface area contributed by atoms with Crippen LogP contribution in [0.5, 0.6) is 0 Å². The fourth-order valence-corrected chi connectivity index (χ4v) is 3.07. The Morgan fingerprint density at radius 2 is 1.89 bits per heavy atom. The first-order valence-corrected chi connectivity index (χ1v) is 8.71. The van der Waals surface area contributed by atoms with Crippen molar-refractivity contribution in [3.63, 3.8) is 0 Å². The van der Waals surface area contributed by atoms with E-state index in [9.17, 15) is 9.18 Å². The van der Waals surface area contributed by atoms with E-state index < -0.39 is 0 Å². The highest BCUT2D eigenvalue weighted by Crippen LogP contribution is 2.19. The van der Waals surface area contributed by atoms with E-state index in [4.69, 9.17) is 4.42 Å². The molecule has 27 heavy (non-hydrogen) atoms. The summed E-state index contributed by atoms with van der Waals surface area (Å²) in [5.41, 5.74) is 2.39. The number of nitrogens with zero attached hydrogens (tertiary/aromatic N) is 2. The molecule has 0 aliphatic rings. The van der Waals surface area contributed by atoms with Crippen molar-refractivity contribution >= 4 is 16.9 Å². The van der Waals surface area contributed by atoms with Crippen molar-refractivity contribution in [3.05, 3.63) is 89.9 Å². The molecule has 1 N–H and O–H groups in total. The maximum atomic E-state index is 14.1. The van der Waals surface area contributed by atoms with Crippen LogP contribution in [-0.4, -0.2) is 22.0 Å². The van der Waals surface area contributed by atoms with Gasteiger partial charge in [-0.2, -0.15) is 0 Å². The molecule has 0 atom stereocenters. The van der Waals surface area contributed by atoms with Gasteiger partial charge in [0.15, 0.2) is 5.76 Å². The van der Waals surface area contributed by atoms with Crippen LogP contribution in [0.2, 0.25) is 0 Å². The smallest absolute Gasteiger partial charge is 0.286 e. The Hall–Kier alpha value is -3.41. The summed E-state index contributed by atoms with van der Waals surface area (Å²) in [6.07, 6.45) is 1.98. The van der Waals surface area contributed by atoms with Gasteiger partial charge in [-0.05, 0) is 30.3 Å². The highest BCUT2D eigenvalue weighted by atomic mass is 19.1. The number of carbonyl (C=O) groups is 1. The van der Waals surface area contributed by atoms with Gasteiger partial charge in [-0.25, -0.2) is 9.37 Å². The standard InChI is InChI=1S/C21H18FN3O2/c22-16-7-2-1-6-15(16)14-25-18-9-4-3-8-17(18)24-20(25)11-12-23-21(26)19-10-5-13-27-19/h1-10,13H,11-12,14H2,(H,23,26). The first-order chi connectivity index (χ1) is 13.2. The van der Waals surface area contributed by atoms with Crippen molar-refractivity contribution in [2.24, 2.45) is 0 Å². The molecule has 0 aliphatic heterocycles. The number of carbonyl (C=O) groups excluding carboxylic acids is 1. The van der Waals surface area contributed by atoms with Crippen LogP contribution in [-0.2, 0) is 13.0 Å². The molecule has 0 aliphatic carbocycles. The molecule has 1 amide bonds. The lowest BCUT2D eigenvalue weighted by Crippen LogP contribution is -2.26. The van der Waals surface area contributed by atoms with Crippen LogP contribution < -0.4 is 5.32 Å². The monoisotopic (exact) mass is 363 g/mol. The zero-order chi connectivity index (χ0) is 18.6. The van der Waals surface area contributed by atoms with Crippen LogP contribution >= 0.6 is 0 Å². The van der Waals surface area contributed by atoms with Crippen LogP contribution in [0.1, 0.15) is 21.9 Å². The Balaban J connectivity index is 1.56. The molecule has 0 unspecified atom stereocenters. The summed E-state index contributed by atoms with van der Waals surface area (Å²) >= 11 is 0. The molecule has 0 radical (unpaired) electrons. The van der Waals surface area contributed by atoms with Crippen molar-refractivity contribution in [1.29, 1.82) is 0 Å². The number of aromatic nitrogens is 2. The molecule has 5 nitrogen and oxygen atoms in total. The molecule has 6 heteroatoms. The molecule has 2 heterocycles. The first kappa shape index (κ1) is 17.0. The minimum Gasteiger partial charge on any atom is -0.459 e. The van der Waals surface area contributed by atoms with E-state index in [-0.39, 0.29) is 17.5 Å². The number of benzene rings is 2. The molecule has 4 rings (SSSR count). The summed E-state index contributed by atoms with van der Waals surface area (Å²) < 4.78 is 21.2. The van der Waals surface area contributed by atoms with Crippen molar-refractivity contribution in [1.82, 2.24) is 14.9 Å². The molecule has 136 valence electrons. The van der Waals surface area contributed by atoms with Crippen molar-refractivity contribution in [2.45, 2.75) is 13.0 Å². The quantitative estimate of drug-likeness (QED) is 0.567. The van der Waals surface area contributed by atoms with Gasteiger partial charge in [0.05, 0.1) is 23.8 Å². The predicted octanol–water partition coefficient (Wildman–Crippen LogP) is 3.79. The second-order valence-corrected chi connectivity index (χ2v) is 6.18. The van der Waals surface area contributed by atoms with Crippen LogP contribution in [0.15, 0.2) is 71.3 Å². The van der Waals surface area contributed by atoms with E-state index in [0.717, 1.165) is 16.9 Å². The van der Waals surface area contributed by atoms with Gasteiger partial charge in [0.25, 0.3) is 5.91 Å². The molecule has 0 saturated carbocycles. The lowest BCUT2D eigenvalue weighted by atomic mass is 10.2. The Morgan fingerprint density at radius 3 is 2.70 bits per heavy atom. The van der Waals surface area contributed by atoms with E-state index >= 15 is 0 Å². The molecule has 0 spiro atoms. The third kappa shape index (κ3) is 3.60. The molecular weight excluding hydrogens is 345 g/mol. The van der Waals surface area contributed by atoms with Crippen molar-refractivity contribution in [3.8, 4) is 0 Å². The number of nitrogens with one attached hydrogen (secondary N) is 1. The van der Waals surface area contributed by atoms with Crippen LogP contribution in [0.25, 0.3) is 11.0 Å². The zero-order valence-corrected chi connectivity index (χ0v) is 14.6. The predicted molar refractivity (Wildman–Crippen MR) is 100.0 cm³/mol. The number of para-hydroxylation sites is 2. The van der Waals surface area contributed by atoms with Gasteiger partial charge in [-0.15, -0.1) is 0 Å². The highest BCUT2D eigenvalue weighted by molar-refractivity contribution is 5.91. The van der Waals surface area contributed by atoms with E-state index in [2.05, 4.69) is 10.3 Å². The summed E-state index contributed by atoms with van der Waals surface area (Å²) in [6, 6.07) is 17.8. The van der Waals surface area contributed by atoms with Crippen LogP contribution in [0.4, 0.5) is 4.39 Å². The fraction of sp³-hybridized carbons (Fsp3) is 0.143. The van der Waals surface area contributed by atoms with Crippen molar-refractivity contribution < 1.29 is 13.6 Å². The number of rotatable bonds is 6. The molecule has 2 aromatic carbocycles.